The van der Waals surface area contributed by atoms with Crippen molar-refractivity contribution in [1.29, 1.82) is 0 Å². The number of nitrogens with one attached hydrogen (secondary N) is 2. The molecule has 7 heteroatoms. The quantitative estimate of drug-likeness (QED) is 0.372. The first-order chi connectivity index (χ1) is 13.2. The molecule has 0 aliphatic carbocycles. The molecule has 1 aromatic carbocycles. The van der Waals surface area contributed by atoms with Gasteiger partial charge in [0.1, 0.15) is 11.6 Å². The number of aliphatic imine (C=N–C) groups is 1. The fourth-order valence-corrected chi connectivity index (χ4v) is 3.20. The normalized spacial score (nSPS) is 14.8. The Balaban J connectivity index is 0.00000280. The number of guanidine groups is 1. The van der Waals surface area contributed by atoms with Crippen LogP contribution in [0.15, 0.2) is 47.6 Å². The Hall–Kier alpha value is -1.90. The molecule has 2 heterocycles. The molecule has 1 aliphatic rings. The summed E-state index contributed by atoms with van der Waals surface area (Å²) in [5.74, 6) is 1.55. The van der Waals surface area contributed by atoms with Gasteiger partial charge in [0, 0.05) is 39.4 Å². The van der Waals surface area contributed by atoms with Gasteiger partial charge in [0.2, 0.25) is 0 Å². The standard InChI is InChI=1S/C21H28FN5.HI/c1-23-21(25-14-17-6-9-19(22)10-7-17)26-16-18-8-11-20(24-15-18)27-12-4-2-3-5-13-27;/h6-11,15H,2-5,12-14,16H2,1H3,(H2,23,25,26);1H. The van der Waals surface area contributed by atoms with E-state index in [1.807, 2.05) is 6.20 Å². The number of benzene rings is 1. The summed E-state index contributed by atoms with van der Waals surface area (Å²) < 4.78 is 13.0. The van der Waals surface area contributed by atoms with E-state index < -0.39 is 0 Å². The maximum absolute atomic E-state index is 13.0. The average Bonchev–Trinajstić information content (AvgIpc) is 2.99. The second-order valence-corrected chi connectivity index (χ2v) is 6.83. The zero-order chi connectivity index (χ0) is 18.9. The molecule has 5 nitrogen and oxygen atoms in total. The lowest BCUT2D eigenvalue weighted by molar-refractivity contribution is 0.626. The fraction of sp³-hybridized carbons (Fsp3) is 0.429. The van der Waals surface area contributed by atoms with Gasteiger partial charge in [-0.25, -0.2) is 9.37 Å². The van der Waals surface area contributed by atoms with Crippen molar-refractivity contribution in [2.45, 2.75) is 38.8 Å². The Morgan fingerprint density at radius 2 is 1.57 bits per heavy atom. The van der Waals surface area contributed by atoms with Crippen LogP contribution < -0.4 is 15.5 Å². The first-order valence-electron chi connectivity index (χ1n) is 9.63. The number of aromatic nitrogens is 1. The molecule has 0 bridgehead atoms. The van der Waals surface area contributed by atoms with E-state index in [1.54, 1.807) is 19.2 Å². The van der Waals surface area contributed by atoms with Crippen molar-refractivity contribution in [1.82, 2.24) is 15.6 Å². The Labute approximate surface area is 183 Å². The van der Waals surface area contributed by atoms with Crippen LogP contribution in [0.2, 0.25) is 0 Å². The van der Waals surface area contributed by atoms with Gasteiger partial charge in [0.15, 0.2) is 5.96 Å². The van der Waals surface area contributed by atoms with Gasteiger partial charge in [-0.1, -0.05) is 31.0 Å². The van der Waals surface area contributed by atoms with Crippen LogP contribution in [0.4, 0.5) is 10.2 Å². The highest BCUT2D eigenvalue weighted by atomic mass is 127. The molecule has 0 unspecified atom stereocenters. The Kier molecular flexibility index (Phi) is 9.46. The zero-order valence-corrected chi connectivity index (χ0v) is 18.7. The molecular weight excluding hydrogens is 468 g/mol. The summed E-state index contributed by atoms with van der Waals surface area (Å²) in [5.41, 5.74) is 2.11. The lowest BCUT2D eigenvalue weighted by atomic mass is 10.2. The molecule has 0 spiro atoms. The third-order valence-electron chi connectivity index (χ3n) is 4.80. The number of nitrogens with zero attached hydrogens (tertiary/aromatic N) is 3. The van der Waals surface area contributed by atoms with Crippen molar-refractivity contribution < 1.29 is 4.39 Å². The summed E-state index contributed by atoms with van der Waals surface area (Å²) in [6.45, 7) is 3.44. The summed E-state index contributed by atoms with van der Waals surface area (Å²) in [5, 5.41) is 6.52. The lowest BCUT2D eigenvalue weighted by Crippen LogP contribution is -2.36. The van der Waals surface area contributed by atoms with Crippen molar-refractivity contribution in [3.63, 3.8) is 0 Å². The van der Waals surface area contributed by atoms with E-state index in [2.05, 4.69) is 37.6 Å². The summed E-state index contributed by atoms with van der Waals surface area (Å²) in [7, 11) is 1.74. The number of halogens is 2. The van der Waals surface area contributed by atoms with Gasteiger partial charge in [-0.05, 0) is 42.2 Å². The van der Waals surface area contributed by atoms with Crippen molar-refractivity contribution >= 4 is 35.8 Å². The molecule has 0 amide bonds. The van der Waals surface area contributed by atoms with Gasteiger partial charge < -0.3 is 15.5 Å². The van der Waals surface area contributed by atoms with E-state index >= 15 is 0 Å². The van der Waals surface area contributed by atoms with Crippen LogP contribution in [-0.4, -0.2) is 31.1 Å². The molecule has 1 saturated heterocycles. The number of anilines is 1. The highest BCUT2D eigenvalue weighted by Crippen LogP contribution is 2.17. The number of rotatable bonds is 5. The zero-order valence-electron chi connectivity index (χ0n) is 16.3. The lowest BCUT2D eigenvalue weighted by Gasteiger charge is -2.21. The minimum absolute atomic E-state index is 0. The van der Waals surface area contributed by atoms with Crippen LogP contribution in [0.5, 0.6) is 0 Å². The predicted molar refractivity (Wildman–Crippen MR) is 124 cm³/mol. The molecule has 2 aromatic rings. The van der Waals surface area contributed by atoms with Crippen molar-refractivity contribution in [3.8, 4) is 0 Å². The van der Waals surface area contributed by atoms with Crippen molar-refractivity contribution in [2.75, 3.05) is 25.0 Å². The molecular formula is C21H29FIN5. The molecule has 2 N–H and O–H groups in total. The maximum Gasteiger partial charge on any atom is 0.191 e. The predicted octanol–water partition coefficient (Wildman–Crippen LogP) is 4.08. The van der Waals surface area contributed by atoms with Crippen LogP contribution in [0.25, 0.3) is 0 Å². The molecule has 152 valence electrons. The monoisotopic (exact) mass is 497 g/mol. The van der Waals surface area contributed by atoms with Crippen molar-refractivity contribution in [3.05, 3.63) is 59.5 Å². The van der Waals surface area contributed by atoms with E-state index in [0.29, 0.717) is 19.0 Å². The summed E-state index contributed by atoms with van der Waals surface area (Å²) in [6, 6.07) is 10.7. The molecule has 0 radical (unpaired) electrons. The molecule has 3 rings (SSSR count). The van der Waals surface area contributed by atoms with Crippen LogP contribution in [-0.2, 0) is 13.1 Å². The van der Waals surface area contributed by atoms with Gasteiger partial charge in [-0.3, -0.25) is 4.99 Å². The van der Waals surface area contributed by atoms with Gasteiger partial charge in [-0.2, -0.15) is 0 Å². The smallest absolute Gasteiger partial charge is 0.191 e. The third kappa shape index (κ3) is 6.92. The minimum atomic E-state index is -0.225. The van der Waals surface area contributed by atoms with Gasteiger partial charge >= 0.3 is 0 Å². The third-order valence-corrected chi connectivity index (χ3v) is 4.80. The second kappa shape index (κ2) is 11.8. The van der Waals surface area contributed by atoms with E-state index in [1.165, 1.54) is 37.8 Å². The van der Waals surface area contributed by atoms with Gasteiger partial charge in [0.25, 0.3) is 0 Å². The van der Waals surface area contributed by atoms with Crippen molar-refractivity contribution in [2.24, 2.45) is 4.99 Å². The van der Waals surface area contributed by atoms with Gasteiger partial charge in [-0.15, -0.1) is 24.0 Å². The Morgan fingerprint density at radius 1 is 0.964 bits per heavy atom. The molecule has 1 fully saturated rings. The van der Waals surface area contributed by atoms with Crippen LogP contribution in [0, 0.1) is 5.82 Å². The largest absolute Gasteiger partial charge is 0.357 e. The highest BCUT2D eigenvalue weighted by Gasteiger charge is 2.10. The van der Waals surface area contributed by atoms with E-state index in [4.69, 9.17) is 0 Å². The molecule has 0 saturated carbocycles. The average molecular weight is 497 g/mol. The van der Waals surface area contributed by atoms with Crippen LogP contribution in [0.3, 0.4) is 0 Å². The summed E-state index contributed by atoms with van der Waals surface area (Å²) in [6.07, 6.45) is 7.08. The molecule has 28 heavy (non-hydrogen) atoms. The Morgan fingerprint density at radius 3 is 2.14 bits per heavy atom. The minimum Gasteiger partial charge on any atom is -0.357 e. The first kappa shape index (κ1) is 22.4. The number of pyridine rings is 1. The summed E-state index contributed by atoms with van der Waals surface area (Å²) >= 11 is 0. The van der Waals surface area contributed by atoms with E-state index in [-0.39, 0.29) is 29.8 Å². The van der Waals surface area contributed by atoms with Crippen LogP contribution >= 0.6 is 24.0 Å². The fourth-order valence-electron chi connectivity index (χ4n) is 3.20. The van der Waals surface area contributed by atoms with Crippen LogP contribution in [0.1, 0.15) is 36.8 Å². The molecule has 1 aromatic heterocycles. The molecule has 1 aliphatic heterocycles. The SMILES string of the molecule is CN=C(NCc1ccc(F)cc1)NCc1ccc(N2CCCCCC2)nc1.I. The maximum atomic E-state index is 13.0. The second-order valence-electron chi connectivity index (χ2n) is 6.83. The molecule has 0 atom stereocenters. The highest BCUT2D eigenvalue weighted by molar-refractivity contribution is 14.0. The van der Waals surface area contributed by atoms with Gasteiger partial charge in [0.05, 0.1) is 0 Å². The Bertz CT molecular complexity index is 725. The van der Waals surface area contributed by atoms with E-state index in [9.17, 15) is 4.39 Å². The number of hydrogen-bond acceptors (Lipinski definition) is 3. The topological polar surface area (TPSA) is 52.6 Å². The summed E-state index contributed by atoms with van der Waals surface area (Å²) in [4.78, 5) is 11.3. The van der Waals surface area contributed by atoms with E-state index in [0.717, 1.165) is 30.0 Å². The first-order valence-corrected chi connectivity index (χ1v) is 9.63. The number of hydrogen-bond donors (Lipinski definition) is 2.